The van der Waals surface area contributed by atoms with Crippen molar-refractivity contribution in [2.45, 2.75) is 26.1 Å². The maximum absolute atomic E-state index is 13.2. The number of rotatable bonds is 5. The molecule has 0 bridgehead atoms. The summed E-state index contributed by atoms with van der Waals surface area (Å²) in [7, 11) is 0. The first-order valence-corrected chi connectivity index (χ1v) is 8.65. The van der Waals surface area contributed by atoms with Crippen molar-refractivity contribution < 1.29 is 27.1 Å². The van der Waals surface area contributed by atoms with Crippen LogP contribution in [0.1, 0.15) is 35.8 Å². The predicted molar refractivity (Wildman–Crippen MR) is 98.7 cm³/mol. The van der Waals surface area contributed by atoms with E-state index in [0.717, 1.165) is 12.1 Å². The second kappa shape index (κ2) is 7.94. The van der Waals surface area contributed by atoms with Crippen molar-refractivity contribution in [1.29, 1.82) is 0 Å². The van der Waals surface area contributed by atoms with E-state index in [2.05, 4.69) is 15.2 Å². The predicted octanol–water partition coefficient (Wildman–Crippen LogP) is 5.29. The van der Waals surface area contributed by atoms with Gasteiger partial charge in [-0.3, -0.25) is 4.79 Å². The minimum absolute atomic E-state index is 0.108. The van der Waals surface area contributed by atoms with Crippen LogP contribution in [0.4, 0.5) is 23.2 Å². The van der Waals surface area contributed by atoms with Crippen LogP contribution in [0.3, 0.4) is 0 Å². The van der Waals surface area contributed by atoms with Crippen LogP contribution in [0.25, 0.3) is 5.69 Å². The quantitative estimate of drug-likeness (QED) is 0.585. The van der Waals surface area contributed by atoms with Crippen molar-refractivity contribution in [2.75, 3.05) is 5.32 Å². The third kappa shape index (κ3) is 4.92. The number of ether oxygens (including phenoxy) is 1. The zero-order valence-corrected chi connectivity index (χ0v) is 15.5. The molecule has 1 aromatic heterocycles. The first-order chi connectivity index (χ1) is 13.6. The van der Waals surface area contributed by atoms with Crippen molar-refractivity contribution >= 4 is 11.6 Å². The van der Waals surface area contributed by atoms with Gasteiger partial charge in [0.1, 0.15) is 11.6 Å². The molecular weight excluding hydrogens is 390 g/mol. The topological polar surface area (TPSA) is 56.1 Å². The van der Waals surface area contributed by atoms with Gasteiger partial charge in [0.05, 0.1) is 23.1 Å². The van der Waals surface area contributed by atoms with Crippen LogP contribution in [-0.4, -0.2) is 22.1 Å². The normalized spacial score (nSPS) is 11.6. The van der Waals surface area contributed by atoms with E-state index in [-0.39, 0.29) is 17.2 Å². The van der Waals surface area contributed by atoms with Gasteiger partial charge in [-0.05, 0) is 42.3 Å². The molecule has 3 aromatic rings. The fourth-order valence-electron chi connectivity index (χ4n) is 2.85. The van der Waals surface area contributed by atoms with Gasteiger partial charge in [-0.25, -0.2) is 9.07 Å². The Labute approximate surface area is 163 Å². The molecule has 0 aliphatic carbocycles. The monoisotopic (exact) mass is 407 g/mol. The van der Waals surface area contributed by atoms with Crippen LogP contribution in [0.2, 0.25) is 0 Å². The molecule has 0 saturated heterocycles. The van der Waals surface area contributed by atoms with Gasteiger partial charge in [0.15, 0.2) is 0 Å². The average molecular weight is 407 g/mol. The van der Waals surface area contributed by atoms with Gasteiger partial charge in [0.2, 0.25) is 0 Å². The number of anilines is 1. The summed E-state index contributed by atoms with van der Waals surface area (Å²) in [4.78, 5) is 12.7. The Hall–Kier alpha value is -3.36. The Bertz CT molecular complexity index is 1010. The standard InChI is InChI=1S/C20H17F4N3O2/c1-12(2)18-17(11-25-27(18)15-8-6-13(21)7-9-15)19(28)26-14-4-3-5-16(10-14)29-20(22,23)24/h3-12H,1-2H3,(H,26,28). The van der Waals surface area contributed by atoms with Crippen LogP contribution in [0, 0.1) is 5.82 Å². The molecule has 29 heavy (non-hydrogen) atoms. The Morgan fingerprint density at radius 1 is 1.14 bits per heavy atom. The van der Waals surface area contributed by atoms with Gasteiger partial charge < -0.3 is 10.1 Å². The molecule has 1 amide bonds. The number of carbonyl (C=O) groups excluding carboxylic acids is 1. The molecule has 0 fully saturated rings. The van der Waals surface area contributed by atoms with Crippen molar-refractivity contribution in [3.63, 3.8) is 0 Å². The van der Waals surface area contributed by atoms with Crippen molar-refractivity contribution in [2.24, 2.45) is 0 Å². The first kappa shape index (κ1) is 20.4. The number of hydrogen-bond acceptors (Lipinski definition) is 3. The molecular formula is C20H17F4N3O2. The molecule has 0 aliphatic rings. The highest BCUT2D eigenvalue weighted by Crippen LogP contribution is 2.27. The van der Waals surface area contributed by atoms with Gasteiger partial charge in [0.25, 0.3) is 5.91 Å². The van der Waals surface area contributed by atoms with E-state index in [1.807, 2.05) is 13.8 Å². The van der Waals surface area contributed by atoms with E-state index in [1.54, 1.807) is 0 Å². The molecule has 0 atom stereocenters. The summed E-state index contributed by atoms with van der Waals surface area (Å²) < 4.78 is 55.8. The molecule has 9 heteroatoms. The van der Waals surface area contributed by atoms with Crippen LogP contribution in [-0.2, 0) is 0 Å². The van der Waals surface area contributed by atoms with Gasteiger partial charge in [0, 0.05) is 11.8 Å². The van der Waals surface area contributed by atoms with Gasteiger partial charge in [-0.15, -0.1) is 13.2 Å². The molecule has 1 heterocycles. The van der Waals surface area contributed by atoms with Crippen LogP contribution in [0.15, 0.2) is 54.7 Å². The molecule has 2 aromatic carbocycles. The number of aromatic nitrogens is 2. The molecule has 0 saturated carbocycles. The number of nitrogens with one attached hydrogen (secondary N) is 1. The van der Waals surface area contributed by atoms with Gasteiger partial charge >= 0.3 is 6.36 Å². The Morgan fingerprint density at radius 2 is 1.83 bits per heavy atom. The van der Waals surface area contributed by atoms with Gasteiger partial charge in [-0.2, -0.15) is 5.10 Å². The lowest BCUT2D eigenvalue weighted by Crippen LogP contribution is -2.18. The highest BCUT2D eigenvalue weighted by atomic mass is 19.4. The third-order valence-corrected chi connectivity index (χ3v) is 3.99. The summed E-state index contributed by atoms with van der Waals surface area (Å²) >= 11 is 0. The number of halogens is 4. The number of amides is 1. The smallest absolute Gasteiger partial charge is 0.406 e. The maximum Gasteiger partial charge on any atom is 0.573 e. The fourth-order valence-corrected chi connectivity index (χ4v) is 2.85. The summed E-state index contributed by atoms with van der Waals surface area (Å²) in [6.45, 7) is 3.73. The average Bonchev–Trinajstić information content (AvgIpc) is 3.06. The molecule has 0 radical (unpaired) electrons. The van der Waals surface area contributed by atoms with Crippen LogP contribution >= 0.6 is 0 Å². The van der Waals surface area contributed by atoms with Crippen LogP contribution < -0.4 is 10.1 Å². The molecule has 5 nitrogen and oxygen atoms in total. The lowest BCUT2D eigenvalue weighted by molar-refractivity contribution is -0.274. The summed E-state index contributed by atoms with van der Waals surface area (Å²) in [6, 6.07) is 10.6. The second-order valence-electron chi connectivity index (χ2n) is 6.52. The summed E-state index contributed by atoms with van der Waals surface area (Å²) in [5.41, 5.74) is 1.55. The number of benzene rings is 2. The van der Waals surface area contributed by atoms with E-state index < -0.39 is 23.8 Å². The summed E-state index contributed by atoms with van der Waals surface area (Å²) in [5.74, 6) is -1.48. The number of hydrogen-bond donors (Lipinski definition) is 1. The zero-order chi connectivity index (χ0) is 21.2. The van der Waals surface area contributed by atoms with E-state index in [0.29, 0.717) is 11.4 Å². The SMILES string of the molecule is CC(C)c1c(C(=O)Nc2cccc(OC(F)(F)F)c2)cnn1-c1ccc(F)cc1. The number of nitrogens with zero attached hydrogens (tertiary/aromatic N) is 2. The largest absolute Gasteiger partial charge is 0.573 e. The fraction of sp³-hybridized carbons (Fsp3) is 0.200. The van der Waals surface area contributed by atoms with Crippen molar-refractivity contribution in [1.82, 2.24) is 9.78 Å². The molecule has 0 unspecified atom stereocenters. The highest BCUT2D eigenvalue weighted by molar-refractivity contribution is 6.05. The third-order valence-electron chi connectivity index (χ3n) is 3.99. The van der Waals surface area contributed by atoms with Crippen molar-refractivity contribution in [3.05, 3.63) is 71.8 Å². The summed E-state index contributed by atoms with van der Waals surface area (Å²) in [6.07, 6.45) is -3.46. The zero-order valence-electron chi connectivity index (χ0n) is 15.5. The van der Waals surface area contributed by atoms with E-state index in [1.165, 1.54) is 47.3 Å². The molecule has 152 valence electrons. The molecule has 3 rings (SSSR count). The second-order valence-corrected chi connectivity index (χ2v) is 6.52. The lowest BCUT2D eigenvalue weighted by Gasteiger charge is -2.14. The number of alkyl halides is 3. The molecule has 0 aliphatic heterocycles. The molecule has 0 spiro atoms. The van der Waals surface area contributed by atoms with E-state index in [4.69, 9.17) is 0 Å². The maximum atomic E-state index is 13.2. The van der Waals surface area contributed by atoms with Crippen molar-refractivity contribution in [3.8, 4) is 11.4 Å². The minimum Gasteiger partial charge on any atom is -0.406 e. The highest BCUT2D eigenvalue weighted by Gasteiger charge is 2.31. The Kier molecular flexibility index (Phi) is 5.58. The summed E-state index contributed by atoms with van der Waals surface area (Å²) in [5, 5.41) is 6.78. The van der Waals surface area contributed by atoms with E-state index >= 15 is 0 Å². The first-order valence-electron chi connectivity index (χ1n) is 8.65. The van der Waals surface area contributed by atoms with Crippen LogP contribution in [0.5, 0.6) is 5.75 Å². The lowest BCUT2D eigenvalue weighted by atomic mass is 10.0. The Morgan fingerprint density at radius 3 is 2.45 bits per heavy atom. The molecule has 1 N–H and O–H groups in total. The van der Waals surface area contributed by atoms with E-state index in [9.17, 15) is 22.4 Å². The Balaban J connectivity index is 1.88. The van der Waals surface area contributed by atoms with Gasteiger partial charge in [-0.1, -0.05) is 19.9 Å². The minimum atomic E-state index is -4.83. The number of carbonyl (C=O) groups is 1.